The molecule has 4 nitrogen and oxygen atoms in total. The lowest BCUT2D eigenvalue weighted by Crippen LogP contribution is -1.90. The van der Waals surface area contributed by atoms with Crippen molar-refractivity contribution in [3.63, 3.8) is 0 Å². The van der Waals surface area contributed by atoms with Crippen molar-refractivity contribution >= 4 is 6.21 Å². The van der Waals surface area contributed by atoms with Gasteiger partial charge in [-0.05, 0) is 12.1 Å². The molecule has 0 radical (unpaired) electrons. The highest BCUT2D eigenvalue weighted by Crippen LogP contribution is 2.27. The van der Waals surface area contributed by atoms with Crippen LogP contribution < -0.4 is 10.6 Å². The highest BCUT2D eigenvalue weighted by atomic mass is 16.5. The van der Waals surface area contributed by atoms with Gasteiger partial charge in [0, 0.05) is 5.56 Å². The van der Waals surface area contributed by atoms with E-state index in [2.05, 4.69) is 5.10 Å². The molecule has 0 unspecified atom stereocenters. The second-order valence-corrected chi connectivity index (χ2v) is 2.18. The Morgan fingerprint density at radius 1 is 1.58 bits per heavy atom. The number of benzene rings is 1. The molecule has 12 heavy (non-hydrogen) atoms. The Bertz CT molecular complexity index is 297. The number of hydrazone groups is 1. The molecule has 1 aromatic rings. The second kappa shape index (κ2) is 3.61. The van der Waals surface area contributed by atoms with Crippen molar-refractivity contribution < 1.29 is 9.84 Å². The molecule has 0 aromatic heterocycles. The number of hydrogen-bond donors (Lipinski definition) is 2. The van der Waals surface area contributed by atoms with Crippen LogP contribution in [0.5, 0.6) is 11.5 Å². The summed E-state index contributed by atoms with van der Waals surface area (Å²) in [4.78, 5) is 0. The standard InChI is InChI=1S/C8H10N2O2/c1-12-7-4-2-3-6(5-10-9)8(7)11/h2-5,11H,9H2,1H3/b10-5+. The fourth-order valence-corrected chi connectivity index (χ4v) is 0.888. The molecule has 0 bridgehead atoms. The number of phenolic OH excluding ortho intramolecular Hbond substituents is 1. The molecular formula is C8H10N2O2. The number of nitrogens with two attached hydrogens (primary N) is 1. The van der Waals surface area contributed by atoms with Crippen LogP contribution in [0.1, 0.15) is 5.56 Å². The normalized spacial score (nSPS) is 10.4. The van der Waals surface area contributed by atoms with Crippen LogP contribution in [0.2, 0.25) is 0 Å². The molecule has 1 rings (SSSR count). The molecule has 0 heterocycles. The minimum Gasteiger partial charge on any atom is -0.504 e. The molecule has 0 saturated heterocycles. The summed E-state index contributed by atoms with van der Waals surface area (Å²) in [7, 11) is 1.48. The number of rotatable bonds is 2. The summed E-state index contributed by atoms with van der Waals surface area (Å²) in [6.45, 7) is 0. The monoisotopic (exact) mass is 166 g/mol. The van der Waals surface area contributed by atoms with Crippen LogP contribution in [-0.2, 0) is 0 Å². The first-order valence-electron chi connectivity index (χ1n) is 3.39. The lowest BCUT2D eigenvalue weighted by atomic mass is 10.2. The fourth-order valence-electron chi connectivity index (χ4n) is 0.888. The van der Waals surface area contributed by atoms with Gasteiger partial charge in [0.2, 0.25) is 0 Å². The molecule has 4 heteroatoms. The van der Waals surface area contributed by atoms with E-state index in [1.165, 1.54) is 13.3 Å². The van der Waals surface area contributed by atoms with Gasteiger partial charge in [-0.3, -0.25) is 0 Å². The zero-order valence-corrected chi connectivity index (χ0v) is 6.69. The van der Waals surface area contributed by atoms with Crippen molar-refractivity contribution in [1.82, 2.24) is 0 Å². The summed E-state index contributed by atoms with van der Waals surface area (Å²) in [5.74, 6) is 5.40. The fraction of sp³-hybridized carbons (Fsp3) is 0.125. The van der Waals surface area contributed by atoms with Crippen LogP contribution >= 0.6 is 0 Å². The van der Waals surface area contributed by atoms with Gasteiger partial charge >= 0.3 is 0 Å². The van der Waals surface area contributed by atoms with Gasteiger partial charge in [-0.2, -0.15) is 5.10 Å². The summed E-state index contributed by atoms with van der Waals surface area (Å²) < 4.78 is 4.88. The maximum absolute atomic E-state index is 9.45. The van der Waals surface area contributed by atoms with E-state index in [0.29, 0.717) is 11.3 Å². The van der Waals surface area contributed by atoms with Crippen LogP contribution in [0, 0.1) is 0 Å². The van der Waals surface area contributed by atoms with E-state index >= 15 is 0 Å². The predicted octanol–water partition coefficient (Wildman–Crippen LogP) is 0.693. The highest BCUT2D eigenvalue weighted by Gasteiger charge is 2.03. The maximum atomic E-state index is 9.45. The lowest BCUT2D eigenvalue weighted by molar-refractivity contribution is 0.373. The third-order valence-corrected chi connectivity index (χ3v) is 1.46. The molecule has 64 valence electrons. The molecule has 0 aliphatic rings. The van der Waals surface area contributed by atoms with E-state index in [-0.39, 0.29) is 5.75 Å². The molecule has 0 aliphatic heterocycles. The van der Waals surface area contributed by atoms with Crippen molar-refractivity contribution in [1.29, 1.82) is 0 Å². The minimum absolute atomic E-state index is 0.0502. The van der Waals surface area contributed by atoms with E-state index in [1.54, 1.807) is 18.2 Å². The highest BCUT2D eigenvalue weighted by molar-refractivity contribution is 5.84. The van der Waals surface area contributed by atoms with Crippen molar-refractivity contribution in [3.8, 4) is 11.5 Å². The Morgan fingerprint density at radius 2 is 2.33 bits per heavy atom. The molecule has 0 amide bonds. The minimum atomic E-state index is 0.0502. The predicted molar refractivity (Wildman–Crippen MR) is 46.4 cm³/mol. The van der Waals surface area contributed by atoms with Crippen LogP contribution in [-0.4, -0.2) is 18.4 Å². The summed E-state index contributed by atoms with van der Waals surface area (Å²) in [5, 5.41) is 12.7. The second-order valence-electron chi connectivity index (χ2n) is 2.18. The number of ether oxygens (including phenoxy) is 1. The van der Waals surface area contributed by atoms with Gasteiger partial charge in [-0.15, -0.1) is 0 Å². The third-order valence-electron chi connectivity index (χ3n) is 1.46. The summed E-state index contributed by atoms with van der Waals surface area (Å²) in [5.41, 5.74) is 0.539. The summed E-state index contributed by atoms with van der Waals surface area (Å²) in [6.07, 6.45) is 1.36. The van der Waals surface area contributed by atoms with Gasteiger partial charge in [0.05, 0.1) is 13.3 Å². The Labute approximate surface area is 70.3 Å². The van der Waals surface area contributed by atoms with Gasteiger partial charge in [0.25, 0.3) is 0 Å². The summed E-state index contributed by atoms with van der Waals surface area (Å²) in [6, 6.07) is 5.09. The Morgan fingerprint density at radius 3 is 2.92 bits per heavy atom. The van der Waals surface area contributed by atoms with Gasteiger partial charge < -0.3 is 15.7 Å². The maximum Gasteiger partial charge on any atom is 0.166 e. The quantitative estimate of drug-likeness (QED) is 0.386. The topological polar surface area (TPSA) is 67.8 Å². The average molecular weight is 166 g/mol. The average Bonchev–Trinajstić information content (AvgIpc) is 2.09. The van der Waals surface area contributed by atoms with Crippen LogP contribution in [0.15, 0.2) is 23.3 Å². The molecule has 0 atom stereocenters. The Balaban J connectivity index is 3.13. The summed E-state index contributed by atoms with van der Waals surface area (Å²) >= 11 is 0. The number of hydrogen-bond acceptors (Lipinski definition) is 4. The van der Waals surface area contributed by atoms with E-state index in [4.69, 9.17) is 10.6 Å². The Hall–Kier alpha value is -1.71. The largest absolute Gasteiger partial charge is 0.504 e. The van der Waals surface area contributed by atoms with Crippen LogP contribution in [0.3, 0.4) is 0 Å². The van der Waals surface area contributed by atoms with Crippen molar-refractivity contribution in [3.05, 3.63) is 23.8 Å². The van der Waals surface area contributed by atoms with E-state index in [9.17, 15) is 5.11 Å². The first-order chi connectivity index (χ1) is 5.79. The first-order valence-corrected chi connectivity index (χ1v) is 3.39. The SMILES string of the molecule is COc1cccc(/C=N/N)c1O. The number of nitrogens with zero attached hydrogens (tertiary/aromatic N) is 1. The van der Waals surface area contributed by atoms with Crippen molar-refractivity contribution in [2.45, 2.75) is 0 Å². The smallest absolute Gasteiger partial charge is 0.166 e. The van der Waals surface area contributed by atoms with Gasteiger partial charge in [0.15, 0.2) is 11.5 Å². The van der Waals surface area contributed by atoms with Gasteiger partial charge in [0.1, 0.15) is 0 Å². The van der Waals surface area contributed by atoms with E-state index in [0.717, 1.165) is 0 Å². The molecule has 0 aliphatic carbocycles. The third kappa shape index (κ3) is 1.47. The molecular weight excluding hydrogens is 156 g/mol. The molecule has 0 spiro atoms. The Kier molecular flexibility index (Phi) is 2.53. The van der Waals surface area contributed by atoms with Crippen LogP contribution in [0.25, 0.3) is 0 Å². The number of phenols is 1. The van der Waals surface area contributed by atoms with Crippen LogP contribution in [0.4, 0.5) is 0 Å². The molecule has 3 N–H and O–H groups in total. The lowest BCUT2D eigenvalue weighted by Gasteiger charge is -2.03. The van der Waals surface area contributed by atoms with Crippen molar-refractivity contribution in [2.24, 2.45) is 10.9 Å². The first kappa shape index (κ1) is 8.39. The molecule has 0 fully saturated rings. The number of methoxy groups -OCH3 is 1. The van der Waals surface area contributed by atoms with Gasteiger partial charge in [-0.25, -0.2) is 0 Å². The van der Waals surface area contributed by atoms with Gasteiger partial charge in [-0.1, -0.05) is 6.07 Å². The number of aromatic hydroxyl groups is 1. The van der Waals surface area contributed by atoms with E-state index < -0.39 is 0 Å². The zero-order chi connectivity index (χ0) is 8.97. The number of para-hydroxylation sites is 1. The zero-order valence-electron chi connectivity index (χ0n) is 6.69. The molecule has 0 saturated carbocycles. The van der Waals surface area contributed by atoms with Crippen molar-refractivity contribution in [2.75, 3.05) is 7.11 Å². The molecule has 1 aromatic carbocycles. The van der Waals surface area contributed by atoms with E-state index in [1.807, 2.05) is 0 Å².